The van der Waals surface area contributed by atoms with E-state index in [1.165, 1.54) is 5.56 Å². The van der Waals surface area contributed by atoms with E-state index in [9.17, 15) is 0 Å². The lowest BCUT2D eigenvalue weighted by Gasteiger charge is -2.09. The first-order valence-corrected chi connectivity index (χ1v) is 7.09. The normalized spacial score (nSPS) is 10.2. The highest BCUT2D eigenvalue weighted by atomic mass is 79.9. The molecule has 2 nitrogen and oxygen atoms in total. The van der Waals surface area contributed by atoms with Gasteiger partial charge in [0.2, 0.25) is 0 Å². The first-order chi connectivity index (χ1) is 8.69. The monoisotopic (exact) mass is 369 g/mol. The number of methoxy groups -OCH3 is 1. The fraction of sp³-hybridized carbons (Fsp3) is 0.143. The smallest absolute Gasteiger partial charge is 0.133 e. The van der Waals surface area contributed by atoms with Gasteiger partial charge < -0.3 is 10.1 Å². The molecule has 94 valence electrons. The first-order valence-electron chi connectivity index (χ1n) is 5.51. The second kappa shape index (κ2) is 6.25. The van der Waals surface area contributed by atoms with E-state index in [1.807, 2.05) is 30.3 Å². The highest BCUT2D eigenvalue weighted by molar-refractivity contribution is 9.10. The Bertz CT molecular complexity index is 526. The van der Waals surface area contributed by atoms with E-state index in [2.05, 4.69) is 49.3 Å². The largest absolute Gasteiger partial charge is 0.496 e. The molecule has 0 spiro atoms. The molecule has 2 rings (SSSR count). The van der Waals surface area contributed by atoms with E-state index in [1.54, 1.807) is 7.11 Å². The minimum Gasteiger partial charge on any atom is -0.496 e. The van der Waals surface area contributed by atoms with Crippen LogP contribution >= 0.6 is 31.9 Å². The van der Waals surface area contributed by atoms with Crippen LogP contribution in [0.5, 0.6) is 5.75 Å². The van der Waals surface area contributed by atoms with Gasteiger partial charge in [0, 0.05) is 16.7 Å². The van der Waals surface area contributed by atoms with Crippen LogP contribution in [-0.4, -0.2) is 7.11 Å². The van der Waals surface area contributed by atoms with Gasteiger partial charge in [0.15, 0.2) is 0 Å². The maximum atomic E-state index is 5.20. The fourth-order valence-corrected chi connectivity index (χ4v) is 2.39. The minimum absolute atomic E-state index is 0.798. The van der Waals surface area contributed by atoms with Crippen LogP contribution in [0.2, 0.25) is 0 Å². The summed E-state index contributed by atoms with van der Waals surface area (Å²) in [5.41, 5.74) is 2.30. The summed E-state index contributed by atoms with van der Waals surface area (Å²) in [6.07, 6.45) is 0. The van der Waals surface area contributed by atoms with Crippen LogP contribution in [0.15, 0.2) is 51.4 Å². The van der Waals surface area contributed by atoms with Crippen molar-refractivity contribution in [3.63, 3.8) is 0 Å². The molecule has 18 heavy (non-hydrogen) atoms. The Balaban J connectivity index is 2.02. The first kappa shape index (κ1) is 13.4. The van der Waals surface area contributed by atoms with Crippen molar-refractivity contribution in [1.82, 2.24) is 0 Å². The zero-order chi connectivity index (χ0) is 13.0. The lowest BCUT2D eigenvalue weighted by atomic mass is 10.2. The Morgan fingerprint density at radius 2 is 1.78 bits per heavy atom. The molecule has 0 radical (unpaired) electrons. The number of rotatable bonds is 4. The molecule has 0 aliphatic heterocycles. The van der Waals surface area contributed by atoms with Crippen LogP contribution < -0.4 is 10.1 Å². The summed E-state index contributed by atoms with van der Waals surface area (Å²) in [5, 5.41) is 3.37. The van der Waals surface area contributed by atoms with E-state index in [-0.39, 0.29) is 0 Å². The molecule has 0 aliphatic rings. The second-order valence-electron chi connectivity index (χ2n) is 3.83. The van der Waals surface area contributed by atoms with Crippen LogP contribution in [0, 0.1) is 0 Å². The molecule has 0 amide bonds. The molecule has 0 saturated heterocycles. The summed E-state index contributed by atoms with van der Waals surface area (Å²) in [6.45, 7) is 0.798. The third-order valence-electron chi connectivity index (χ3n) is 2.56. The molecule has 0 bridgehead atoms. The maximum Gasteiger partial charge on any atom is 0.133 e. The van der Waals surface area contributed by atoms with E-state index >= 15 is 0 Å². The maximum absolute atomic E-state index is 5.20. The number of halogens is 2. The van der Waals surface area contributed by atoms with Crippen molar-refractivity contribution < 1.29 is 4.74 Å². The molecule has 0 unspecified atom stereocenters. The lowest BCUT2D eigenvalue weighted by Crippen LogP contribution is -1.99. The molecule has 0 saturated carbocycles. The minimum atomic E-state index is 0.798. The lowest BCUT2D eigenvalue weighted by molar-refractivity contribution is 0.412. The van der Waals surface area contributed by atoms with Crippen molar-refractivity contribution in [1.29, 1.82) is 0 Å². The van der Waals surface area contributed by atoms with Crippen LogP contribution in [0.4, 0.5) is 5.69 Å². The summed E-state index contributed by atoms with van der Waals surface area (Å²) in [5.74, 6) is 0.837. The molecule has 0 aliphatic carbocycles. The third kappa shape index (κ3) is 3.50. The van der Waals surface area contributed by atoms with Gasteiger partial charge in [-0.3, -0.25) is 0 Å². The molecule has 0 heterocycles. The van der Waals surface area contributed by atoms with E-state index in [0.717, 1.165) is 26.9 Å². The van der Waals surface area contributed by atoms with Crippen molar-refractivity contribution in [2.24, 2.45) is 0 Å². The Morgan fingerprint density at radius 3 is 2.39 bits per heavy atom. The molecule has 2 aromatic rings. The number of ether oxygens (including phenoxy) is 1. The number of benzene rings is 2. The highest BCUT2D eigenvalue weighted by Gasteiger charge is 2.01. The van der Waals surface area contributed by atoms with Gasteiger partial charge in [-0.25, -0.2) is 0 Å². The van der Waals surface area contributed by atoms with Gasteiger partial charge in [-0.1, -0.05) is 28.1 Å². The second-order valence-corrected chi connectivity index (χ2v) is 5.60. The topological polar surface area (TPSA) is 21.3 Å². The predicted octanol–water partition coefficient (Wildman–Crippen LogP) is 4.83. The molecular formula is C14H13Br2NO. The Morgan fingerprint density at radius 1 is 1.06 bits per heavy atom. The summed E-state index contributed by atoms with van der Waals surface area (Å²) < 4.78 is 7.24. The van der Waals surface area contributed by atoms with Crippen molar-refractivity contribution in [2.45, 2.75) is 6.54 Å². The summed E-state index contributed by atoms with van der Waals surface area (Å²) in [4.78, 5) is 0. The number of nitrogens with one attached hydrogen (secondary N) is 1. The van der Waals surface area contributed by atoms with Crippen molar-refractivity contribution >= 4 is 37.5 Å². The SMILES string of the molecule is COc1ccc(NCc2ccc(Br)cc2)cc1Br. The predicted molar refractivity (Wildman–Crippen MR) is 82.2 cm³/mol. The quantitative estimate of drug-likeness (QED) is 0.831. The average Bonchev–Trinajstić information content (AvgIpc) is 2.38. The van der Waals surface area contributed by atoms with Crippen molar-refractivity contribution in [2.75, 3.05) is 12.4 Å². The molecule has 4 heteroatoms. The number of hydrogen-bond acceptors (Lipinski definition) is 2. The summed E-state index contributed by atoms with van der Waals surface area (Å²) >= 11 is 6.90. The average molecular weight is 371 g/mol. The Hall–Kier alpha value is -1.000. The molecular weight excluding hydrogens is 358 g/mol. The van der Waals surface area contributed by atoms with Gasteiger partial charge in [0.25, 0.3) is 0 Å². The van der Waals surface area contributed by atoms with Gasteiger partial charge in [-0.05, 0) is 51.8 Å². The fourth-order valence-electron chi connectivity index (χ4n) is 1.58. The number of anilines is 1. The molecule has 0 aromatic heterocycles. The highest BCUT2D eigenvalue weighted by Crippen LogP contribution is 2.27. The van der Waals surface area contributed by atoms with Crippen LogP contribution in [0.25, 0.3) is 0 Å². The van der Waals surface area contributed by atoms with E-state index in [4.69, 9.17) is 4.74 Å². The van der Waals surface area contributed by atoms with Gasteiger partial charge in [0.05, 0.1) is 11.6 Å². The molecule has 2 aromatic carbocycles. The van der Waals surface area contributed by atoms with E-state index in [0.29, 0.717) is 0 Å². The van der Waals surface area contributed by atoms with Crippen molar-refractivity contribution in [3.05, 3.63) is 57.0 Å². The zero-order valence-electron chi connectivity index (χ0n) is 9.91. The van der Waals surface area contributed by atoms with Crippen LogP contribution in [0.1, 0.15) is 5.56 Å². The van der Waals surface area contributed by atoms with Crippen molar-refractivity contribution in [3.8, 4) is 5.75 Å². The van der Waals surface area contributed by atoms with Crippen LogP contribution in [0.3, 0.4) is 0 Å². The zero-order valence-corrected chi connectivity index (χ0v) is 13.1. The third-order valence-corrected chi connectivity index (χ3v) is 3.71. The molecule has 0 fully saturated rings. The summed E-state index contributed by atoms with van der Waals surface area (Å²) in [7, 11) is 1.66. The molecule has 0 atom stereocenters. The van der Waals surface area contributed by atoms with Crippen LogP contribution in [-0.2, 0) is 6.54 Å². The molecule has 1 N–H and O–H groups in total. The standard InChI is InChI=1S/C14H13Br2NO/c1-18-14-7-6-12(8-13(14)16)17-9-10-2-4-11(15)5-3-10/h2-8,17H,9H2,1H3. The Kier molecular flexibility index (Phi) is 4.66. The van der Waals surface area contributed by atoms with E-state index < -0.39 is 0 Å². The van der Waals surface area contributed by atoms with Gasteiger partial charge in [-0.15, -0.1) is 0 Å². The van der Waals surface area contributed by atoms with Gasteiger partial charge in [-0.2, -0.15) is 0 Å². The Labute approximate surface area is 124 Å². The number of hydrogen-bond donors (Lipinski definition) is 1. The van der Waals surface area contributed by atoms with Gasteiger partial charge in [0.1, 0.15) is 5.75 Å². The van der Waals surface area contributed by atoms with Gasteiger partial charge >= 0.3 is 0 Å². The summed E-state index contributed by atoms with van der Waals surface area (Å²) in [6, 6.07) is 14.2.